The van der Waals surface area contributed by atoms with Gasteiger partial charge >= 0.3 is 11.7 Å². The molecule has 0 saturated carbocycles. The lowest BCUT2D eigenvalue weighted by Gasteiger charge is -2.07. The summed E-state index contributed by atoms with van der Waals surface area (Å²) in [5.74, 6) is -0.443. The summed E-state index contributed by atoms with van der Waals surface area (Å²) in [7, 11) is 1.35. The third-order valence-electron chi connectivity index (χ3n) is 3.87. The van der Waals surface area contributed by atoms with E-state index >= 15 is 0 Å². The molecular weight excluding hydrogens is 276 g/mol. The number of carbonyl (C=O) groups is 1. The smallest absolute Gasteiger partial charge is 0.402 e. The summed E-state index contributed by atoms with van der Waals surface area (Å²) < 4.78 is 4.83. The number of ether oxygens (including phenoxy) is 1. The molecule has 4 nitrogen and oxygen atoms in total. The Labute approximate surface area is 133 Å². The highest BCUT2D eigenvalue weighted by molar-refractivity contribution is 5.97. The maximum Gasteiger partial charge on any atom is 0.402 e. The van der Waals surface area contributed by atoms with Crippen molar-refractivity contribution in [3.8, 4) is 0 Å². The van der Waals surface area contributed by atoms with Crippen molar-refractivity contribution in [2.45, 2.75) is 65.2 Å². The Morgan fingerprint density at radius 3 is 2.27 bits per heavy atom. The molecule has 22 heavy (non-hydrogen) atoms. The average molecular weight is 303 g/mol. The van der Waals surface area contributed by atoms with E-state index in [-0.39, 0.29) is 0 Å². The van der Waals surface area contributed by atoms with Crippen molar-refractivity contribution in [2.75, 3.05) is 7.11 Å². The van der Waals surface area contributed by atoms with Crippen molar-refractivity contribution in [3.05, 3.63) is 33.8 Å². The normalized spacial score (nSPS) is 10.3. The molecule has 0 aliphatic carbocycles. The molecule has 120 valence electrons. The second-order valence-corrected chi connectivity index (χ2v) is 5.66. The molecule has 4 heteroatoms. The van der Waals surface area contributed by atoms with E-state index in [1.165, 1.54) is 13.5 Å². The third kappa shape index (κ3) is 5.14. The Balaban J connectivity index is 3.11. The SMILES string of the molecule is CCCCCc1cc(CCCCC)c([N+]#N)c(C(=O)OC)c1. The Hall–Kier alpha value is -1.89. The predicted molar refractivity (Wildman–Crippen MR) is 89.0 cm³/mol. The highest BCUT2D eigenvalue weighted by atomic mass is 16.5. The van der Waals surface area contributed by atoms with E-state index in [4.69, 9.17) is 4.74 Å². The predicted octanol–water partition coefficient (Wildman–Crippen LogP) is 5.42. The molecule has 0 spiro atoms. The maximum absolute atomic E-state index is 12.0. The molecule has 0 fully saturated rings. The van der Waals surface area contributed by atoms with Gasteiger partial charge in [0.2, 0.25) is 5.39 Å². The minimum Gasteiger partial charge on any atom is -0.465 e. The number of rotatable bonds is 9. The molecule has 0 radical (unpaired) electrons. The van der Waals surface area contributed by atoms with Crippen molar-refractivity contribution < 1.29 is 9.53 Å². The van der Waals surface area contributed by atoms with Crippen molar-refractivity contribution in [1.82, 2.24) is 0 Å². The van der Waals surface area contributed by atoms with Crippen LogP contribution in [0, 0.1) is 5.39 Å². The van der Waals surface area contributed by atoms with Gasteiger partial charge in [-0.25, -0.2) is 4.79 Å². The van der Waals surface area contributed by atoms with Gasteiger partial charge in [0.1, 0.15) is 0 Å². The second kappa shape index (κ2) is 9.94. The van der Waals surface area contributed by atoms with Gasteiger partial charge in [-0.2, -0.15) is 0 Å². The molecule has 1 rings (SSSR count). The van der Waals surface area contributed by atoms with Crippen LogP contribution in [0.1, 0.15) is 73.9 Å². The van der Waals surface area contributed by atoms with Gasteiger partial charge in [-0.15, -0.1) is 0 Å². The van der Waals surface area contributed by atoms with Crippen LogP contribution in [0.15, 0.2) is 12.1 Å². The number of unbranched alkanes of at least 4 members (excludes halogenated alkanes) is 4. The van der Waals surface area contributed by atoms with E-state index < -0.39 is 5.97 Å². The summed E-state index contributed by atoms with van der Waals surface area (Å²) in [5, 5.41) is 9.32. The molecular formula is C18H27N2O2+. The van der Waals surface area contributed by atoms with Crippen LogP contribution in [-0.2, 0) is 17.6 Å². The van der Waals surface area contributed by atoms with Crippen molar-refractivity contribution in [3.63, 3.8) is 0 Å². The van der Waals surface area contributed by atoms with Crippen LogP contribution in [0.3, 0.4) is 0 Å². The summed E-state index contributed by atoms with van der Waals surface area (Å²) >= 11 is 0. The number of esters is 1. The van der Waals surface area contributed by atoms with Crippen LogP contribution in [0.5, 0.6) is 0 Å². The lowest BCUT2D eigenvalue weighted by Crippen LogP contribution is -2.05. The minimum atomic E-state index is -0.443. The molecule has 1 aromatic carbocycles. The van der Waals surface area contributed by atoms with E-state index in [2.05, 4.69) is 24.9 Å². The Morgan fingerprint density at radius 1 is 1.09 bits per heavy atom. The van der Waals surface area contributed by atoms with Gasteiger partial charge in [-0.3, -0.25) is 0 Å². The van der Waals surface area contributed by atoms with Gasteiger partial charge in [0, 0.05) is 5.56 Å². The number of carbonyl (C=O) groups excluding carboxylic acids is 1. The Bertz CT molecular complexity index is 533. The zero-order chi connectivity index (χ0) is 16.4. The summed E-state index contributed by atoms with van der Waals surface area (Å²) in [6, 6.07) is 3.88. The standard InChI is InChI=1S/C18H27N2O2/c1-4-6-8-10-14-12-15(11-9-7-5-2)17(20-19)16(13-14)18(21)22-3/h12-13H,4-11H2,1-3H3/q+1. The number of nitrogens with zero attached hydrogens (tertiary/aromatic N) is 2. The molecule has 0 heterocycles. The first-order valence-electron chi connectivity index (χ1n) is 8.27. The number of diazo groups is 1. The lowest BCUT2D eigenvalue weighted by molar-refractivity contribution is 0.0602. The molecule has 0 atom stereocenters. The second-order valence-electron chi connectivity index (χ2n) is 5.66. The Kier molecular flexibility index (Phi) is 8.21. The maximum atomic E-state index is 12.0. The highest BCUT2D eigenvalue weighted by Crippen LogP contribution is 2.29. The third-order valence-corrected chi connectivity index (χ3v) is 3.87. The molecule has 0 saturated heterocycles. The highest BCUT2D eigenvalue weighted by Gasteiger charge is 2.26. The first-order chi connectivity index (χ1) is 10.7. The van der Waals surface area contributed by atoms with Gasteiger partial charge in [0.05, 0.1) is 7.11 Å². The van der Waals surface area contributed by atoms with Gasteiger partial charge < -0.3 is 4.74 Å². The van der Waals surface area contributed by atoms with Gasteiger partial charge in [0.25, 0.3) is 0 Å². The molecule has 0 aliphatic rings. The number of hydrogen-bond acceptors (Lipinski definition) is 3. The number of hydrogen-bond donors (Lipinski definition) is 0. The van der Waals surface area contributed by atoms with E-state index in [1.807, 2.05) is 0 Å². The van der Waals surface area contributed by atoms with Crippen LogP contribution in [0.4, 0.5) is 5.69 Å². The van der Waals surface area contributed by atoms with Crippen LogP contribution >= 0.6 is 0 Å². The topological polar surface area (TPSA) is 54.5 Å². The van der Waals surface area contributed by atoms with E-state index in [0.717, 1.165) is 56.1 Å². The molecule has 0 amide bonds. The van der Waals surface area contributed by atoms with Crippen LogP contribution < -0.4 is 0 Å². The van der Waals surface area contributed by atoms with E-state index in [0.29, 0.717) is 11.3 Å². The number of benzene rings is 1. The van der Waals surface area contributed by atoms with E-state index in [1.54, 1.807) is 6.07 Å². The average Bonchev–Trinajstić information content (AvgIpc) is 2.54. The summed E-state index contributed by atoms with van der Waals surface area (Å²) in [6.45, 7) is 4.32. The molecule has 0 unspecified atom stereocenters. The monoisotopic (exact) mass is 303 g/mol. The Morgan fingerprint density at radius 2 is 1.73 bits per heavy atom. The molecule has 0 bridgehead atoms. The van der Waals surface area contributed by atoms with Crippen LogP contribution in [0.2, 0.25) is 0 Å². The summed E-state index contributed by atoms with van der Waals surface area (Å²) in [6.07, 6.45) is 8.47. The fourth-order valence-electron chi connectivity index (χ4n) is 2.62. The number of aryl methyl sites for hydroxylation is 2. The quantitative estimate of drug-likeness (QED) is 0.347. The first kappa shape index (κ1) is 18.2. The van der Waals surface area contributed by atoms with Gasteiger partial charge in [-0.05, 0) is 43.4 Å². The fourth-order valence-corrected chi connectivity index (χ4v) is 2.62. The van der Waals surface area contributed by atoms with Crippen LogP contribution in [-0.4, -0.2) is 13.1 Å². The summed E-state index contributed by atoms with van der Waals surface area (Å²) in [4.78, 5) is 15.3. The fraction of sp³-hybridized carbons (Fsp3) is 0.611. The lowest BCUT2D eigenvalue weighted by atomic mass is 9.96. The first-order valence-corrected chi connectivity index (χ1v) is 8.27. The van der Waals surface area contributed by atoms with Crippen molar-refractivity contribution >= 4 is 11.7 Å². The summed E-state index contributed by atoms with van der Waals surface area (Å²) in [5.41, 5.74) is 2.78. The van der Waals surface area contributed by atoms with Crippen LogP contribution in [0.25, 0.3) is 4.98 Å². The van der Waals surface area contributed by atoms with E-state index in [9.17, 15) is 10.2 Å². The number of methoxy groups -OCH3 is 1. The molecule has 0 N–H and O–H groups in total. The van der Waals surface area contributed by atoms with Crippen molar-refractivity contribution in [2.24, 2.45) is 0 Å². The van der Waals surface area contributed by atoms with Gasteiger partial charge in [-0.1, -0.05) is 39.5 Å². The minimum absolute atomic E-state index is 0.363. The van der Waals surface area contributed by atoms with Crippen molar-refractivity contribution in [1.29, 1.82) is 5.39 Å². The van der Waals surface area contributed by atoms with Gasteiger partial charge in [0.15, 0.2) is 10.5 Å². The molecule has 1 aromatic rings. The zero-order valence-electron chi connectivity index (χ0n) is 14.0. The zero-order valence-corrected chi connectivity index (χ0v) is 14.0. The molecule has 0 aromatic heterocycles. The molecule has 0 aliphatic heterocycles. The largest absolute Gasteiger partial charge is 0.465 e.